The van der Waals surface area contributed by atoms with Crippen molar-refractivity contribution in [1.82, 2.24) is 10.2 Å². The van der Waals surface area contributed by atoms with Gasteiger partial charge in [0.2, 0.25) is 0 Å². The second-order valence-corrected chi connectivity index (χ2v) is 5.61. The second kappa shape index (κ2) is 7.79. The molecule has 1 aromatic rings. The number of hydrogen-bond donors (Lipinski definition) is 3. The number of carbonyl (C=O) groups excluding carboxylic acids is 2. The Morgan fingerprint density at radius 2 is 1.86 bits per heavy atom. The molecule has 0 radical (unpaired) electrons. The van der Waals surface area contributed by atoms with Gasteiger partial charge in [-0.15, -0.1) is 0 Å². The third kappa shape index (κ3) is 4.46. The lowest BCUT2D eigenvalue weighted by Gasteiger charge is -2.32. The summed E-state index contributed by atoms with van der Waals surface area (Å²) in [4.78, 5) is 25.1. The smallest absolute Gasteiger partial charge is 0.316 e. The first-order chi connectivity index (χ1) is 10.6. The van der Waals surface area contributed by atoms with E-state index in [0.29, 0.717) is 17.2 Å². The molecule has 4 N–H and O–H groups in total. The van der Waals surface area contributed by atoms with Crippen molar-refractivity contribution in [3.63, 3.8) is 0 Å². The minimum absolute atomic E-state index is 0.0486. The largest absolute Gasteiger partial charge is 0.351 e. The number of piperidine rings is 1. The Kier molecular flexibility index (Phi) is 5.77. The second-order valence-electron chi connectivity index (χ2n) is 5.61. The lowest BCUT2D eigenvalue weighted by molar-refractivity contribution is 0.0690. The normalized spacial score (nSPS) is 15.6. The minimum atomic E-state index is -0.609. The van der Waals surface area contributed by atoms with Gasteiger partial charge in [-0.2, -0.15) is 0 Å². The molecule has 1 heterocycles. The van der Waals surface area contributed by atoms with Crippen molar-refractivity contribution in [2.45, 2.75) is 19.8 Å². The predicted octanol–water partition coefficient (Wildman–Crippen LogP) is 1.64. The molecule has 0 aliphatic carbocycles. The quantitative estimate of drug-likeness (QED) is 0.773. The zero-order valence-corrected chi connectivity index (χ0v) is 13.0. The Hall–Kier alpha value is -2.08. The number of nitrogens with one attached hydrogen (secondary N) is 2. The van der Waals surface area contributed by atoms with Gasteiger partial charge >= 0.3 is 6.03 Å². The number of benzene rings is 1. The maximum atomic E-state index is 12.5. The molecule has 0 saturated carbocycles. The van der Waals surface area contributed by atoms with Crippen LogP contribution in [0.15, 0.2) is 24.3 Å². The Morgan fingerprint density at radius 3 is 2.41 bits per heavy atom. The van der Waals surface area contributed by atoms with Crippen LogP contribution in [0.4, 0.5) is 10.5 Å². The lowest BCUT2D eigenvalue weighted by atomic mass is 9.96. The standard InChI is InChI=1S/C16H24N4O2/c1-2-18-11-12-7-9-20(10-8-12)15(21)13-3-5-14(6-4-13)19-16(17)22/h3-6,12,18H,2,7-11H2,1H3,(H3,17,19,22). The fourth-order valence-electron chi connectivity index (χ4n) is 2.71. The summed E-state index contributed by atoms with van der Waals surface area (Å²) in [5.74, 6) is 0.707. The number of hydrogen-bond acceptors (Lipinski definition) is 3. The van der Waals surface area contributed by atoms with Gasteiger partial charge in [0.1, 0.15) is 0 Å². The molecule has 0 unspecified atom stereocenters. The number of likely N-dealkylation sites (tertiary alicyclic amines) is 1. The number of nitrogens with two attached hydrogens (primary N) is 1. The van der Waals surface area contributed by atoms with Crippen molar-refractivity contribution in [2.24, 2.45) is 11.7 Å². The third-order valence-electron chi connectivity index (χ3n) is 3.98. The lowest BCUT2D eigenvalue weighted by Crippen LogP contribution is -2.40. The molecule has 1 fully saturated rings. The Labute approximate surface area is 131 Å². The Morgan fingerprint density at radius 1 is 1.23 bits per heavy atom. The first-order valence-corrected chi connectivity index (χ1v) is 7.76. The Bertz CT molecular complexity index is 507. The molecule has 0 aromatic heterocycles. The molecule has 0 spiro atoms. The van der Waals surface area contributed by atoms with Gasteiger partial charge in [-0.05, 0) is 56.1 Å². The first kappa shape index (κ1) is 16.3. The monoisotopic (exact) mass is 304 g/mol. The summed E-state index contributed by atoms with van der Waals surface area (Å²) in [6.07, 6.45) is 2.08. The van der Waals surface area contributed by atoms with E-state index < -0.39 is 6.03 Å². The van der Waals surface area contributed by atoms with Crippen LogP contribution in [0, 0.1) is 5.92 Å². The highest BCUT2D eigenvalue weighted by molar-refractivity contribution is 5.95. The van der Waals surface area contributed by atoms with Crippen molar-refractivity contribution in [2.75, 3.05) is 31.5 Å². The summed E-state index contributed by atoms with van der Waals surface area (Å²) in [6.45, 7) is 5.73. The highest BCUT2D eigenvalue weighted by atomic mass is 16.2. The summed E-state index contributed by atoms with van der Waals surface area (Å²) >= 11 is 0. The van der Waals surface area contributed by atoms with Crippen LogP contribution in [0.25, 0.3) is 0 Å². The summed E-state index contributed by atoms with van der Waals surface area (Å²) in [7, 11) is 0. The van der Waals surface area contributed by atoms with Crippen LogP contribution >= 0.6 is 0 Å². The van der Waals surface area contributed by atoms with Gasteiger partial charge < -0.3 is 21.3 Å². The summed E-state index contributed by atoms with van der Waals surface area (Å²) < 4.78 is 0. The number of primary amides is 1. The number of anilines is 1. The highest BCUT2D eigenvalue weighted by Crippen LogP contribution is 2.19. The fourth-order valence-corrected chi connectivity index (χ4v) is 2.71. The number of carbonyl (C=O) groups is 2. The zero-order valence-electron chi connectivity index (χ0n) is 13.0. The maximum Gasteiger partial charge on any atom is 0.316 e. The maximum absolute atomic E-state index is 12.5. The third-order valence-corrected chi connectivity index (χ3v) is 3.98. The van der Waals surface area contributed by atoms with Crippen molar-refractivity contribution in [3.05, 3.63) is 29.8 Å². The van der Waals surface area contributed by atoms with Crippen LogP contribution in [0.5, 0.6) is 0 Å². The molecule has 3 amide bonds. The van der Waals surface area contributed by atoms with Crippen LogP contribution in [-0.4, -0.2) is 43.0 Å². The van der Waals surface area contributed by atoms with Gasteiger partial charge in [0.15, 0.2) is 0 Å². The molecule has 2 rings (SSSR count). The van der Waals surface area contributed by atoms with Crippen LogP contribution in [0.3, 0.4) is 0 Å². The molecule has 0 atom stereocenters. The molecule has 6 nitrogen and oxygen atoms in total. The van der Waals surface area contributed by atoms with E-state index >= 15 is 0 Å². The molecule has 0 bridgehead atoms. The van der Waals surface area contributed by atoms with E-state index in [0.717, 1.165) is 39.0 Å². The van der Waals surface area contributed by atoms with Crippen LogP contribution in [0.1, 0.15) is 30.1 Å². The molecular formula is C16H24N4O2. The number of amides is 3. The van der Waals surface area contributed by atoms with Crippen molar-refractivity contribution >= 4 is 17.6 Å². The van der Waals surface area contributed by atoms with E-state index in [1.807, 2.05) is 4.90 Å². The van der Waals surface area contributed by atoms with Crippen molar-refractivity contribution < 1.29 is 9.59 Å². The fraction of sp³-hybridized carbons (Fsp3) is 0.500. The number of nitrogens with zero attached hydrogens (tertiary/aromatic N) is 1. The van der Waals surface area contributed by atoms with E-state index in [2.05, 4.69) is 17.6 Å². The summed E-state index contributed by atoms with van der Waals surface area (Å²) in [5.41, 5.74) is 6.29. The average Bonchev–Trinajstić information content (AvgIpc) is 2.53. The van der Waals surface area contributed by atoms with E-state index in [9.17, 15) is 9.59 Å². The van der Waals surface area contributed by atoms with E-state index in [-0.39, 0.29) is 5.91 Å². The summed E-state index contributed by atoms with van der Waals surface area (Å²) in [5, 5.41) is 5.85. The molecular weight excluding hydrogens is 280 g/mol. The SMILES string of the molecule is CCNCC1CCN(C(=O)c2ccc(NC(N)=O)cc2)CC1. The average molecular weight is 304 g/mol. The van der Waals surface area contributed by atoms with E-state index in [4.69, 9.17) is 5.73 Å². The summed E-state index contributed by atoms with van der Waals surface area (Å²) in [6, 6.07) is 6.21. The van der Waals surface area contributed by atoms with Crippen molar-refractivity contribution in [1.29, 1.82) is 0 Å². The molecule has 6 heteroatoms. The highest BCUT2D eigenvalue weighted by Gasteiger charge is 2.23. The van der Waals surface area contributed by atoms with Crippen LogP contribution in [0.2, 0.25) is 0 Å². The topological polar surface area (TPSA) is 87.5 Å². The van der Waals surface area contributed by atoms with Gasteiger partial charge in [-0.1, -0.05) is 6.92 Å². The van der Waals surface area contributed by atoms with Gasteiger partial charge in [0, 0.05) is 24.3 Å². The van der Waals surface area contributed by atoms with Crippen molar-refractivity contribution in [3.8, 4) is 0 Å². The number of urea groups is 1. The molecule has 1 aliphatic heterocycles. The number of rotatable bonds is 5. The molecule has 1 saturated heterocycles. The van der Waals surface area contributed by atoms with Gasteiger partial charge in [-0.3, -0.25) is 4.79 Å². The van der Waals surface area contributed by atoms with Crippen LogP contribution < -0.4 is 16.4 Å². The first-order valence-electron chi connectivity index (χ1n) is 7.76. The molecule has 1 aromatic carbocycles. The van der Waals surface area contributed by atoms with Gasteiger partial charge in [-0.25, -0.2) is 4.79 Å². The van der Waals surface area contributed by atoms with E-state index in [1.54, 1.807) is 24.3 Å². The molecule has 120 valence electrons. The molecule has 22 heavy (non-hydrogen) atoms. The minimum Gasteiger partial charge on any atom is -0.351 e. The zero-order chi connectivity index (χ0) is 15.9. The molecule has 1 aliphatic rings. The van der Waals surface area contributed by atoms with Gasteiger partial charge in [0.05, 0.1) is 0 Å². The van der Waals surface area contributed by atoms with E-state index in [1.165, 1.54) is 0 Å². The predicted molar refractivity (Wildman–Crippen MR) is 86.8 cm³/mol. The van der Waals surface area contributed by atoms with Crippen LogP contribution in [-0.2, 0) is 0 Å². The Balaban J connectivity index is 1.88. The van der Waals surface area contributed by atoms with Gasteiger partial charge in [0.25, 0.3) is 5.91 Å².